The van der Waals surface area contributed by atoms with Crippen LogP contribution in [0.5, 0.6) is 5.75 Å². The lowest BCUT2D eigenvalue weighted by Crippen LogP contribution is -2.19. The molecule has 0 radical (unpaired) electrons. The van der Waals surface area contributed by atoms with Crippen molar-refractivity contribution >= 4 is 44.0 Å². The molecule has 0 aliphatic heterocycles. The summed E-state index contributed by atoms with van der Waals surface area (Å²) in [5, 5.41) is 12.5. The van der Waals surface area contributed by atoms with Crippen LogP contribution in [-0.2, 0) is 0 Å². The zero-order valence-corrected chi connectivity index (χ0v) is 16.3. The van der Waals surface area contributed by atoms with E-state index in [1.54, 1.807) is 18.2 Å². The Morgan fingerprint density at radius 3 is 2.62 bits per heavy atom. The van der Waals surface area contributed by atoms with E-state index >= 15 is 0 Å². The van der Waals surface area contributed by atoms with Crippen LogP contribution >= 0.6 is 31.9 Å². The molecule has 0 heterocycles. The Balaban J connectivity index is 2.10. The Bertz CT molecular complexity index is 939. The molecular formula is C18H10Br2FN3O2. The van der Waals surface area contributed by atoms with E-state index in [1.807, 2.05) is 0 Å². The lowest BCUT2D eigenvalue weighted by Gasteiger charge is -2.08. The lowest BCUT2D eigenvalue weighted by atomic mass is 10.1. The second kappa shape index (κ2) is 9.14. The van der Waals surface area contributed by atoms with E-state index in [9.17, 15) is 9.18 Å². The Labute approximate surface area is 166 Å². The Hall–Kier alpha value is -2.68. The molecule has 8 heteroatoms. The first-order valence-corrected chi connectivity index (χ1v) is 8.63. The van der Waals surface area contributed by atoms with E-state index in [-0.39, 0.29) is 17.7 Å². The number of hydrogen-bond acceptors (Lipinski definition) is 4. The molecule has 1 amide bonds. The third-order valence-corrected chi connectivity index (χ3v) is 4.22. The van der Waals surface area contributed by atoms with E-state index in [0.717, 1.165) is 6.07 Å². The number of carbonyl (C=O) groups excluding carboxylic acids is 1. The number of nitriles is 1. The molecule has 26 heavy (non-hydrogen) atoms. The minimum Gasteiger partial charge on any atom is -0.479 e. The lowest BCUT2D eigenvalue weighted by molar-refractivity contribution is 0.0951. The van der Waals surface area contributed by atoms with Gasteiger partial charge in [0.1, 0.15) is 18.2 Å². The number of terminal acetylenes is 1. The predicted molar refractivity (Wildman–Crippen MR) is 102 cm³/mol. The number of rotatable bonds is 5. The first kappa shape index (κ1) is 19.6. The number of hydrazone groups is 1. The number of hydrogen-bond donors (Lipinski definition) is 1. The van der Waals surface area contributed by atoms with Gasteiger partial charge in [-0.1, -0.05) is 5.92 Å². The van der Waals surface area contributed by atoms with Crippen molar-refractivity contribution in [2.75, 3.05) is 6.61 Å². The summed E-state index contributed by atoms with van der Waals surface area (Å²) in [6.07, 6.45) is 6.55. The number of ether oxygens (including phenoxy) is 1. The molecule has 0 saturated heterocycles. The van der Waals surface area contributed by atoms with Gasteiger partial charge in [0, 0.05) is 0 Å². The molecule has 5 nitrogen and oxygen atoms in total. The third kappa shape index (κ3) is 4.92. The molecule has 0 aromatic heterocycles. The van der Waals surface area contributed by atoms with Gasteiger partial charge in [-0.3, -0.25) is 4.79 Å². The standard InChI is InChI=1S/C18H10Br2FN3O2/c1-2-5-26-17-14(19)6-12(7-15(17)20)10-23-24-18(25)13-4-3-11(9-22)8-16(13)21/h1,3-4,6-8,10H,5H2,(H,24,25)/b23-10-. The van der Waals surface area contributed by atoms with Crippen molar-refractivity contribution in [1.82, 2.24) is 5.43 Å². The summed E-state index contributed by atoms with van der Waals surface area (Å²) in [5.41, 5.74) is 2.81. The fourth-order valence-corrected chi connectivity index (χ4v) is 3.35. The molecule has 0 bridgehead atoms. The maximum atomic E-state index is 13.8. The minimum atomic E-state index is -0.794. The number of amides is 1. The van der Waals surface area contributed by atoms with Crippen LogP contribution in [0, 0.1) is 29.5 Å². The van der Waals surface area contributed by atoms with Gasteiger partial charge < -0.3 is 4.74 Å². The molecule has 0 unspecified atom stereocenters. The number of nitrogens with one attached hydrogen (secondary N) is 1. The first-order valence-electron chi connectivity index (χ1n) is 7.04. The number of carbonyl (C=O) groups is 1. The van der Waals surface area contributed by atoms with Crippen LogP contribution in [0.3, 0.4) is 0 Å². The highest BCUT2D eigenvalue weighted by atomic mass is 79.9. The Morgan fingerprint density at radius 2 is 2.04 bits per heavy atom. The summed E-state index contributed by atoms with van der Waals surface area (Å²) >= 11 is 6.72. The van der Waals surface area contributed by atoms with Gasteiger partial charge >= 0.3 is 0 Å². The fraction of sp³-hybridized carbons (Fsp3) is 0.0556. The van der Waals surface area contributed by atoms with Crippen molar-refractivity contribution in [2.45, 2.75) is 0 Å². The average Bonchev–Trinajstić information content (AvgIpc) is 2.60. The topological polar surface area (TPSA) is 74.5 Å². The summed E-state index contributed by atoms with van der Waals surface area (Å²) in [6, 6.07) is 8.79. The highest BCUT2D eigenvalue weighted by Crippen LogP contribution is 2.34. The van der Waals surface area contributed by atoms with Crippen LogP contribution in [0.1, 0.15) is 21.5 Å². The zero-order chi connectivity index (χ0) is 19.1. The smallest absolute Gasteiger partial charge is 0.274 e. The van der Waals surface area contributed by atoms with E-state index in [2.05, 4.69) is 48.3 Å². The largest absolute Gasteiger partial charge is 0.479 e. The molecule has 0 atom stereocenters. The van der Waals surface area contributed by atoms with Crippen LogP contribution < -0.4 is 10.2 Å². The van der Waals surface area contributed by atoms with Crippen LogP contribution in [0.4, 0.5) is 4.39 Å². The quantitative estimate of drug-likeness (QED) is 0.401. The molecule has 2 rings (SSSR count). The molecule has 2 aromatic rings. The Kier molecular flexibility index (Phi) is 6.90. The van der Waals surface area contributed by atoms with Crippen LogP contribution in [-0.4, -0.2) is 18.7 Å². The number of nitrogens with zero attached hydrogens (tertiary/aromatic N) is 2. The van der Waals surface area contributed by atoms with Gasteiger partial charge in [0.05, 0.1) is 32.4 Å². The SMILES string of the molecule is C#CCOc1c(Br)cc(/C=N\NC(=O)c2ccc(C#N)cc2F)cc1Br. The molecule has 0 spiro atoms. The highest BCUT2D eigenvalue weighted by Gasteiger charge is 2.12. The number of benzene rings is 2. The van der Waals surface area contributed by atoms with E-state index in [1.165, 1.54) is 18.3 Å². The third-order valence-electron chi connectivity index (χ3n) is 3.04. The summed E-state index contributed by atoms with van der Waals surface area (Å²) in [5.74, 6) is 1.40. The van der Waals surface area contributed by atoms with Crippen molar-refractivity contribution in [3.05, 3.63) is 61.8 Å². The van der Waals surface area contributed by atoms with Crippen molar-refractivity contribution < 1.29 is 13.9 Å². The van der Waals surface area contributed by atoms with Crippen molar-refractivity contribution in [3.8, 4) is 24.2 Å². The van der Waals surface area contributed by atoms with Gasteiger partial charge in [-0.2, -0.15) is 10.4 Å². The number of halogens is 3. The molecule has 0 fully saturated rings. The van der Waals surface area contributed by atoms with Gasteiger partial charge in [-0.25, -0.2) is 9.82 Å². The maximum absolute atomic E-state index is 13.8. The zero-order valence-electron chi connectivity index (χ0n) is 13.1. The normalized spacial score (nSPS) is 10.2. The second-order valence-electron chi connectivity index (χ2n) is 4.81. The van der Waals surface area contributed by atoms with Gasteiger partial charge in [-0.05, 0) is 67.8 Å². The molecule has 130 valence electrons. The van der Waals surface area contributed by atoms with Crippen molar-refractivity contribution in [1.29, 1.82) is 5.26 Å². The Morgan fingerprint density at radius 1 is 1.35 bits per heavy atom. The fourth-order valence-electron chi connectivity index (χ4n) is 1.90. The van der Waals surface area contributed by atoms with Crippen LogP contribution in [0.25, 0.3) is 0 Å². The van der Waals surface area contributed by atoms with Gasteiger partial charge in [0.25, 0.3) is 5.91 Å². The highest BCUT2D eigenvalue weighted by molar-refractivity contribution is 9.11. The van der Waals surface area contributed by atoms with E-state index in [0.29, 0.717) is 20.3 Å². The second-order valence-corrected chi connectivity index (χ2v) is 6.52. The maximum Gasteiger partial charge on any atom is 0.274 e. The van der Waals surface area contributed by atoms with Crippen molar-refractivity contribution in [2.24, 2.45) is 5.10 Å². The summed E-state index contributed by atoms with van der Waals surface area (Å²) in [7, 11) is 0. The molecule has 2 aromatic carbocycles. The molecule has 0 aliphatic carbocycles. The van der Waals surface area contributed by atoms with Crippen LogP contribution in [0.2, 0.25) is 0 Å². The summed E-state index contributed by atoms with van der Waals surface area (Å²) in [6.45, 7) is 0.122. The van der Waals surface area contributed by atoms with Crippen LogP contribution in [0.15, 0.2) is 44.4 Å². The summed E-state index contributed by atoms with van der Waals surface area (Å²) in [4.78, 5) is 12.0. The van der Waals surface area contributed by atoms with E-state index < -0.39 is 11.7 Å². The molecule has 1 N–H and O–H groups in total. The van der Waals surface area contributed by atoms with Gasteiger partial charge in [0.2, 0.25) is 0 Å². The minimum absolute atomic E-state index is 0.122. The molecular weight excluding hydrogens is 469 g/mol. The first-order chi connectivity index (χ1) is 12.5. The van der Waals surface area contributed by atoms with E-state index in [4.69, 9.17) is 16.4 Å². The summed E-state index contributed by atoms with van der Waals surface area (Å²) < 4.78 is 20.5. The average molecular weight is 479 g/mol. The predicted octanol–water partition coefficient (Wildman–Crippen LogP) is 4.00. The monoisotopic (exact) mass is 477 g/mol. The van der Waals surface area contributed by atoms with Gasteiger partial charge in [0.15, 0.2) is 0 Å². The molecule has 0 aliphatic rings. The van der Waals surface area contributed by atoms with Crippen molar-refractivity contribution in [3.63, 3.8) is 0 Å². The molecule has 0 saturated carbocycles. The van der Waals surface area contributed by atoms with Gasteiger partial charge in [-0.15, -0.1) is 6.42 Å².